The number of carbonyl (C=O) groups is 1. The van der Waals surface area contributed by atoms with Crippen molar-refractivity contribution in [1.82, 2.24) is 4.90 Å². The standard InChI is InChI=1S/C13H23NO3/c1-5-7-11-10-16-9-6-8-14(11)12(15)17-13(2,3)4/h5,11H,1,6-10H2,2-4H3/t11-/m1/s1. The van der Waals surface area contributed by atoms with Crippen LogP contribution in [0.1, 0.15) is 33.6 Å². The van der Waals surface area contributed by atoms with Crippen LogP contribution in [-0.4, -0.2) is 42.4 Å². The van der Waals surface area contributed by atoms with Gasteiger partial charge in [0.2, 0.25) is 0 Å². The molecule has 1 saturated heterocycles. The minimum Gasteiger partial charge on any atom is -0.444 e. The van der Waals surface area contributed by atoms with Gasteiger partial charge in [0.05, 0.1) is 12.6 Å². The molecule has 1 aliphatic heterocycles. The van der Waals surface area contributed by atoms with Gasteiger partial charge in [0.25, 0.3) is 0 Å². The molecular formula is C13H23NO3. The van der Waals surface area contributed by atoms with Gasteiger partial charge in [-0.05, 0) is 33.6 Å². The maximum absolute atomic E-state index is 12.1. The number of hydrogen-bond donors (Lipinski definition) is 0. The highest BCUT2D eigenvalue weighted by Crippen LogP contribution is 2.16. The summed E-state index contributed by atoms with van der Waals surface area (Å²) in [4.78, 5) is 13.8. The summed E-state index contributed by atoms with van der Waals surface area (Å²) in [6.07, 6.45) is 3.15. The molecule has 0 radical (unpaired) electrons. The third kappa shape index (κ3) is 4.77. The normalized spacial score (nSPS) is 21.8. The van der Waals surface area contributed by atoms with E-state index in [1.54, 1.807) is 4.90 Å². The Morgan fingerprint density at radius 3 is 2.88 bits per heavy atom. The first-order valence-electron chi connectivity index (χ1n) is 6.12. The molecule has 0 unspecified atom stereocenters. The predicted octanol–water partition coefficient (Wildman–Crippen LogP) is 2.59. The van der Waals surface area contributed by atoms with Crippen LogP contribution in [0.2, 0.25) is 0 Å². The molecular weight excluding hydrogens is 218 g/mol. The van der Waals surface area contributed by atoms with Crippen LogP contribution in [0, 0.1) is 0 Å². The maximum Gasteiger partial charge on any atom is 0.410 e. The molecule has 1 atom stereocenters. The molecule has 17 heavy (non-hydrogen) atoms. The SMILES string of the molecule is C=CC[C@@H]1COCCCN1C(=O)OC(C)(C)C. The van der Waals surface area contributed by atoms with Crippen molar-refractivity contribution < 1.29 is 14.3 Å². The van der Waals surface area contributed by atoms with E-state index in [1.165, 1.54) is 0 Å². The van der Waals surface area contributed by atoms with Gasteiger partial charge in [-0.15, -0.1) is 6.58 Å². The van der Waals surface area contributed by atoms with Crippen molar-refractivity contribution in [2.45, 2.75) is 45.3 Å². The molecule has 1 rings (SSSR count). The first-order chi connectivity index (χ1) is 7.94. The fourth-order valence-electron chi connectivity index (χ4n) is 1.78. The smallest absolute Gasteiger partial charge is 0.410 e. The van der Waals surface area contributed by atoms with Gasteiger partial charge in [-0.25, -0.2) is 4.79 Å². The summed E-state index contributed by atoms with van der Waals surface area (Å²) in [5, 5.41) is 0. The quantitative estimate of drug-likeness (QED) is 0.697. The van der Waals surface area contributed by atoms with Gasteiger partial charge in [-0.2, -0.15) is 0 Å². The van der Waals surface area contributed by atoms with E-state index in [9.17, 15) is 4.79 Å². The van der Waals surface area contributed by atoms with Gasteiger partial charge in [-0.3, -0.25) is 0 Å². The number of rotatable bonds is 2. The molecule has 1 heterocycles. The molecule has 4 heteroatoms. The van der Waals surface area contributed by atoms with Gasteiger partial charge in [0.15, 0.2) is 0 Å². The summed E-state index contributed by atoms with van der Waals surface area (Å²) in [6.45, 7) is 11.3. The third-order valence-electron chi connectivity index (χ3n) is 2.51. The molecule has 0 aromatic rings. The lowest BCUT2D eigenvalue weighted by molar-refractivity contribution is 0.0126. The second-order valence-electron chi connectivity index (χ2n) is 5.28. The third-order valence-corrected chi connectivity index (χ3v) is 2.51. The van der Waals surface area contributed by atoms with Crippen LogP contribution in [0.15, 0.2) is 12.7 Å². The number of ether oxygens (including phenoxy) is 2. The molecule has 98 valence electrons. The second-order valence-corrected chi connectivity index (χ2v) is 5.28. The summed E-state index contributed by atoms with van der Waals surface area (Å²) >= 11 is 0. The first kappa shape index (κ1) is 14.0. The molecule has 0 spiro atoms. The Morgan fingerprint density at radius 2 is 2.29 bits per heavy atom. The van der Waals surface area contributed by atoms with Crippen LogP contribution in [0.3, 0.4) is 0 Å². The zero-order chi connectivity index (χ0) is 12.9. The number of nitrogens with zero attached hydrogens (tertiary/aromatic N) is 1. The number of carbonyl (C=O) groups excluding carboxylic acids is 1. The summed E-state index contributed by atoms with van der Waals surface area (Å²) in [5.74, 6) is 0. The van der Waals surface area contributed by atoms with Gasteiger partial charge in [0.1, 0.15) is 5.60 Å². The van der Waals surface area contributed by atoms with Crippen molar-refractivity contribution >= 4 is 6.09 Å². The van der Waals surface area contributed by atoms with E-state index >= 15 is 0 Å². The van der Waals surface area contributed by atoms with Gasteiger partial charge < -0.3 is 14.4 Å². The Hall–Kier alpha value is -1.03. The monoisotopic (exact) mass is 241 g/mol. The molecule has 4 nitrogen and oxygen atoms in total. The predicted molar refractivity (Wildman–Crippen MR) is 67.0 cm³/mol. The highest BCUT2D eigenvalue weighted by atomic mass is 16.6. The lowest BCUT2D eigenvalue weighted by atomic mass is 10.2. The molecule has 0 aromatic heterocycles. The fraction of sp³-hybridized carbons (Fsp3) is 0.769. The van der Waals surface area contributed by atoms with Crippen molar-refractivity contribution in [3.05, 3.63) is 12.7 Å². The van der Waals surface area contributed by atoms with E-state index in [1.807, 2.05) is 26.8 Å². The summed E-state index contributed by atoms with van der Waals surface area (Å²) < 4.78 is 10.9. The van der Waals surface area contributed by atoms with Crippen molar-refractivity contribution in [3.63, 3.8) is 0 Å². The summed E-state index contributed by atoms with van der Waals surface area (Å²) in [5.41, 5.74) is -0.455. The molecule has 0 aliphatic carbocycles. The molecule has 0 saturated carbocycles. The largest absolute Gasteiger partial charge is 0.444 e. The Labute approximate surface area is 104 Å². The molecule has 1 fully saturated rings. The van der Waals surface area contributed by atoms with Crippen molar-refractivity contribution in [2.75, 3.05) is 19.8 Å². The van der Waals surface area contributed by atoms with Crippen LogP contribution in [0.25, 0.3) is 0 Å². The lowest BCUT2D eigenvalue weighted by Crippen LogP contribution is -2.44. The highest BCUT2D eigenvalue weighted by Gasteiger charge is 2.28. The maximum atomic E-state index is 12.1. The molecule has 0 bridgehead atoms. The van der Waals surface area contributed by atoms with Crippen molar-refractivity contribution in [3.8, 4) is 0 Å². The van der Waals surface area contributed by atoms with Crippen molar-refractivity contribution in [1.29, 1.82) is 0 Å². The van der Waals surface area contributed by atoms with Gasteiger partial charge in [0, 0.05) is 13.2 Å². The Morgan fingerprint density at radius 1 is 1.59 bits per heavy atom. The molecule has 0 aromatic carbocycles. The Balaban J connectivity index is 2.67. The molecule has 1 aliphatic rings. The van der Waals surface area contributed by atoms with Gasteiger partial charge in [-0.1, -0.05) is 6.08 Å². The second kappa shape index (κ2) is 6.05. The minimum absolute atomic E-state index is 0.0462. The molecule has 1 amide bonds. The van der Waals surface area contributed by atoms with E-state index in [0.29, 0.717) is 19.8 Å². The van der Waals surface area contributed by atoms with E-state index in [2.05, 4.69) is 6.58 Å². The average Bonchev–Trinajstić information content (AvgIpc) is 2.41. The van der Waals surface area contributed by atoms with E-state index in [4.69, 9.17) is 9.47 Å². The van der Waals surface area contributed by atoms with Crippen LogP contribution >= 0.6 is 0 Å². The van der Waals surface area contributed by atoms with E-state index in [0.717, 1.165) is 12.8 Å². The zero-order valence-corrected chi connectivity index (χ0v) is 11.1. The fourth-order valence-corrected chi connectivity index (χ4v) is 1.78. The van der Waals surface area contributed by atoms with Crippen LogP contribution in [0.5, 0.6) is 0 Å². The van der Waals surface area contributed by atoms with Crippen molar-refractivity contribution in [2.24, 2.45) is 0 Å². The van der Waals surface area contributed by atoms with E-state index < -0.39 is 5.60 Å². The topological polar surface area (TPSA) is 38.8 Å². The minimum atomic E-state index is -0.455. The first-order valence-corrected chi connectivity index (χ1v) is 6.12. The van der Waals surface area contributed by atoms with Crippen LogP contribution in [0.4, 0.5) is 4.79 Å². The summed E-state index contributed by atoms with van der Waals surface area (Å²) in [6, 6.07) is 0.0462. The summed E-state index contributed by atoms with van der Waals surface area (Å²) in [7, 11) is 0. The number of amides is 1. The zero-order valence-electron chi connectivity index (χ0n) is 11.1. The number of hydrogen-bond acceptors (Lipinski definition) is 3. The van der Waals surface area contributed by atoms with Crippen LogP contribution in [-0.2, 0) is 9.47 Å². The van der Waals surface area contributed by atoms with E-state index in [-0.39, 0.29) is 12.1 Å². The highest BCUT2D eigenvalue weighted by molar-refractivity contribution is 5.68. The Kier molecular flexibility index (Phi) is 5.00. The lowest BCUT2D eigenvalue weighted by Gasteiger charge is -2.31. The Bertz CT molecular complexity index is 270. The van der Waals surface area contributed by atoms with Gasteiger partial charge >= 0.3 is 6.09 Å². The van der Waals surface area contributed by atoms with Crippen LogP contribution < -0.4 is 0 Å². The average molecular weight is 241 g/mol. The molecule has 0 N–H and O–H groups in total.